The molecule has 0 unspecified atom stereocenters. The summed E-state index contributed by atoms with van der Waals surface area (Å²) in [7, 11) is 4.01. The summed E-state index contributed by atoms with van der Waals surface area (Å²) < 4.78 is 6.82. The molecule has 98 valence electrons. The summed E-state index contributed by atoms with van der Waals surface area (Å²) in [6.07, 6.45) is 0.892. The highest BCUT2D eigenvalue weighted by molar-refractivity contribution is 5.73. The average molecular weight is 250 g/mol. The molecule has 0 bridgehead atoms. The van der Waals surface area contributed by atoms with Gasteiger partial charge in [-0.25, -0.2) is 4.79 Å². The standard InChI is InChI=1S/C13H18N2O3/c1-14(2)6-3-7-15-11-5-4-10(9-16)8-12(11)18-13(15)17/h4-5,8,16H,3,6-7,9H2,1-2H3. The van der Waals surface area contributed by atoms with Crippen LogP contribution in [0.15, 0.2) is 27.4 Å². The zero-order valence-electron chi connectivity index (χ0n) is 10.7. The molecule has 2 aromatic rings. The highest BCUT2D eigenvalue weighted by Crippen LogP contribution is 2.15. The maximum Gasteiger partial charge on any atom is 0.419 e. The Hall–Kier alpha value is -1.59. The number of nitrogens with zero attached hydrogens (tertiary/aromatic N) is 2. The van der Waals surface area contributed by atoms with E-state index < -0.39 is 0 Å². The number of oxazole rings is 1. The van der Waals surface area contributed by atoms with Gasteiger partial charge in [-0.2, -0.15) is 0 Å². The molecule has 18 heavy (non-hydrogen) atoms. The molecule has 5 heteroatoms. The minimum Gasteiger partial charge on any atom is -0.408 e. The second-order valence-corrected chi connectivity index (χ2v) is 4.64. The van der Waals surface area contributed by atoms with Crippen LogP contribution in [0.2, 0.25) is 0 Å². The zero-order valence-corrected chi connectivity index (χ0v) is 10.7. The van der Waals surface area contributed by atoms with Crippen LogP contribution in [0.5, 0.6) is 0 Å². The minimum absolute atomic E-state index is 0.0501. The van der Waals surface area contributed by atoms with E-state index in [1.165, 1.54) is 0 Å². The topological polar surface area (TPSA) is 58.6 Å². The lowest BCUT2D eigenvalue weighted by Gasteiger charge is -2.08. The molecular weight excluding hydrogens is 232 g/mol. The van der Waals surface area contributed by atoms with Gasteiger partial charge in [0.15, 0.2) is 5.58 Å². The lowest BCUT2D eigenvalue weighted by atomic mass is 10.2. The van der Waals surface area contributed by atoms with Crippen LogP contribution in [0.4, 0.5) is 0 Å². The number of aliphatic hydroxyl groups is 1. The van der Waals surface area contributed by atoms with Crippen molar-refractivity contribution in [2.45, 2.75) is 19.6 Å². The molecule has 0 saturated heterocycles. The molecule has 0 spiro atoms. The van der Waals surface area contributed by atoms with Crippen molar-refractivity contribution < 1.29 is 9.52 Å². The van der Waals surface area contributed by atoms with E-state index in [0.29, 0.717) is 12.1 Å². The van der Waals surface area contributed by atoms with Gasteiger partial charge in [-0.1, -0.05) is 6.07 Å². The molecule has 0 atom stereocenters. The van der Waals surface area contributed by atoms with Gasteiger partial charge in [0.25, 0.3) is 0 Å². The Kier molecular flexibility index (Phi) is 3.84. The third kappa shape index (κ3) is 2.63. The highest BCUT2D eigenvalue weighted by atomic mass is 16.4. The predicted octanol–water partition coefficient (Wildman–Crippen LogP) is 1.04. The smallest absolute Gasteiger partial charge is 0.408 e. The molecule has 0 radical (unpaired) electrons. The fraction of sp³-hybridized carbons (Fsp3) is 0.462. The number of rotatable bonds is 5. The van der Waals surface area contributed by atoms with Gasteiger partial charge in [-0.15, -0.1) is 0 Å². The normalized spacial score (nSPS) is 11.6. The first kappa shape index (κ1) is 12.9. The van der Waals surface area contributed by atoms with Crippen LogP contribution >= 0.6 is 0 Å². The van der Waals surface area contributed by atoms with Crippen LogP contribution in [-0.2, 0) is 13.2 Å². The maximum atomic E-state index is 11.7. The fourth-order valence-corrected chi connectivity index (χ4v) is 1.97. The Morgan fingerprint density at radius 3 is 2.83 bits per heavy atom. The quantitative estimate of drug-likeness (QED) is 0.861. The second-order valence-electron chi connectivity index (χ2n) is 4.64. The molecule has 0 amide bonds. The van der Waals surface area contributed by atoms with Crippen LogP contribution in [-0.4, -0.2) is 35.2 Å². The Bertz CT molecular complexity index is 583. The number of aryl methyl sites for hydroxylation is 1. The van der Waals surface area contributed by atoms with Crippen LogP contribution < -0.4 is 5.76 Å². The molecule has 0 aliphatic rings. The monoisotopic (exact) mass is 250 g/mol. The van der Waals surface area contributed by atoms with Crippen LogP contribution in [0.3, 0.4) is 0 Å². The number of aliphatic hydroxyl groups excluding tert-OH is 1. The van der Waals surface area contributed by atoms with E-state index in [-0.39, 0.29) is 12.4 Å². The first-order valence-corrected chi connectivity index (χ1v) is 5.99. The first-order valence-electron chi connectivity index (χ1n) is 5.99. The van der Waals surface area contributed by atoms with Crippen molar-refractivity contribution in [1.82, 2.24) is 9.47 Å². The van der Waals surface area contributed by atoms with Gasteiger partial charge in [0.1, 0.15) is 0 Å². The molecule has 1 aromatic heterocycles. The molecule has 1 N–H and O–H groups in total. The third-order valence-electron chi connectivity index (χ3n) is 2.90. The van der Waals surface area contributed by atoms with Crippen molar-refractivity contribution >= 4 is 11.1 Å². The van der Waals surface area contributed by atoms with Crippen molar-refractivity contribution in [2.24, 2.45) is 0 Å². The van der Waals surface area contributed by atoms with E-state index in [2.05, 4.69) is 4.90 Å². The zero-order chi connectivity index (χ0) is 13.1. The Labute approximate surface area is 105 Å². The molecule has 0 saturated carbocycles. The van der Waals surface area contributed by atoms with Crippen molar-refractivity contribution in [3.05, 3.63) is 34.3 Å². The van der Waals surface area contributed by atoms with Crippen molar-refractivity contribution in [2.75, 3.05) is 20.6 Å². The molecule has 0 aliphatic heterocycles. The second kappa shape index (κ2) is 5.37. The summed E-state index contributed by atoms with van der Waals surface area (Å²) in [5, 5.41) is 9.04. The Balaban J connectivity index is 2.27. The summed E-state index contributed by atoms with van der Waals surface area (Å²) in [6, 6.07) is 5.33. The van der Waals surface area contributed by atoms with Gasteiger partial charge >= 0.3 is 5.76 Å². The first-order chi connectivity index (χ1) is 8.61. The average Bonchev–Trinajstić information content (AvgIpc) is 2.64. The van der Waals surface area contributed by atoms with Gasteiger partial charge in [0, 0.05) is 6.54 Å². The molecular formula is C13H18N2O3. The lowest BCUT2D eigenvalue weighted by Crippen LogP contribution is -2.19. The summed E-state index contributed by atoms with van der Waals surface area (Å²) in [5.74, 6) is -0.334. The molecule has 0 aliphatic carbocycles. The third-order valence-corrected chi connectivity index (χ3v) is 2.90. The molecule has 1 aromatic carbocycles. The largest absolute Gasteiger partial charge is 0.419 e. The number of aromatic nitrogens is 1. The predicted molar refractivity (Wildman–Crippen MR) is 69.6 cm³/mol. The molecule has 5 nitrogen and oxygen atoms in total. The minimum atomic E-state index is -0.334. The van der Waals surface area contributed by atoms with Crippen molar-refractivity contribution in [3.8, 4) is 0 Å². The van der Waals surface area contributed by atoms with Gasteiger partial charge < -0.3 is 14.4 Å². The number of hydrogen-bond acceptors (Lipinski definition) is 4. The Morgan fingerprint density at radius 2 is 2.17 bits per heavy atom. The van der Waals surface area contributed by atoms with Gasteiger partial charge in [0.2, 0.25) is 0 Å². The Morgan fingerprint density at radius 1 is 1.39 bits per heavy atom. The lowest BCUT2D eigenvalue weighted by molar-refractivity contribution is 0.282. The van der Waals surface area contributed by atoms with Gasteiger partial charge in [-0.05, 0) is 44.8 Å². The van der Waals surface area contributed by atoms with Crippen molar-refractivity contribution in [1.29, 1.82) is 0 Å². The molecule has 0 fully saturated rings. The summed E-state index contributed by atoms with van der Waals surface area (Å²) >= 11 is 0. The van der Waals surface area contributed by atoms with Crippen LogP contribution in [0.25, 0.3) is 11.1 Å². The number of fused-ring (bicyclic) bond motifs is 1. The van der Waals surface area contributed by atoms with Gasteiger partial charge in [-0.3, -0.25) is 4.57 Å². The van der Waals surface area contributed by atoms with Crippen LogP contribution in [0.1, 0.15) is 12.0 Å². The van der Waals surface area contributed by atoms with E-state index in [1.54, 1.807) is 16.7 Å². The van der Waals surface area contributed by atoms with E-state index in [1.807, 2.05) is 20.2 Å². The summed E-state index contributed by atoms with van der Waals surface area (Å²) in [5.41, 5.74) is 2.07. The number of hydrogen-bond donors (Lipinski definition) is 1. The van der Waals surface area contributed by atoms with Crippen LogP contribution in [0, 0.1) is 0 Å². The van der Waals surface area contributed by atoms with E-state index >= 15 is 0 Å². The maximum absolute atomic E-state index is 11.7. The highest BCUT2D eigenvalue weighted by Gasteiger charge is 2.09. The van der Waals surface area contributed by atoms with E-state index in [4.69, 9.17) is 9.52 Å². The van der Waals surface area contributed by atoms with E-state index in [9.17, 15) is 4.79 Å². The van der Waals surface area contributed by atoms with Gasteiger partial charge in [0.05, 0.1) is 12.1 Å². The number of benzene rings is 1. The summed E-state index contributed by atoms with van der Waals surface area (Å²) in [6.45, 7) is 1.52. The molecule has 1 heterocycles. The van der Waals surface area contributed by atoms with E-state index in [0.717, 1.165) is 24.0 Å². The SMILES string of the molecule is CN(C)CCCn1c(=O)oc2cc(CO)ccc21. The fourth-order valence-electron chi connectivity index (χ4n) is 1.97. The summed E-state index contributed by atoms with van der Waals surface area (Å²) in [4.78, 5) is 13.8. The molecule has 2 rings (SSSR count). The van der Waals surface area contributed by atoms with Crippen molar-refractivity contribution in [3.63, 3.8) is 0 Å².